The van der Waals surface area contributed by atoms with Crippen molar-refractivity contribution in [2.75, 3.05) is 11.9 Å². The molecule has 82 valence electrons. The van der Waals surface area contributed by atoms with Gasteiger partial charge in [0.2, 0.25) is 0 Å². The van der Waals surface area contributed by atoms with Gasteiger partial charge in [0, 0.05) is 6.54 Å². The molecule has 1 aromatic rings. The third kappa shape index (κ3) is 2.65. The maximum Gasteiger partial charge on any atom is 0.345 e. The summed E-state index contributed by atoms with van der Waals surface area (Å²) in [5, 5.41) is 14.3. The third-order valence-corrected chi connectivity index (χ3v) is 3.58. The molecule has 1 aromatic heterocycles. The molecule has 1 N–H and O–H groups in total. The summed E-state index contributed by atoms with van der Waals surface area (Å²) in [5.74, 6) is 1.47. The van der Waals surface area contributed by atoms with Crippen molar-refractivity contribution < 1.29 is 4.92 Å². The molecule has 1 aliphatic carbocycles. The topological polar surface area (TPSA) is 68.1 Å². The fourth-order valence-corrected chi connectivity index (χ4v) is 2.15. The van der Waals surface area contributed by atoms with Crippen molar-refractivity contribution in [3.05, 3.63) is 16.3 Å². The average Bonchev–Trinajstić information content (AvgIpc) is 2.93. The summed E-state index contributed by atoms with van der Waals surface area (Å²) in [5.41, 5.74) is 0. The molecule has 1 atom stereocenters. The van der Waals surface area contributed by atoms with Crippen molar-refractivity contribution in [3.63, 3.8) is 0 Å². The molecule has 2 rings (SSSR count). The van der Waals surface area contributed by atoms with E-state index in [9.17, 15) is 10.1 Å². The molecule has 1 aliphatic rings. The number of nitro groups is 1. The number of rotatable bonds is 5. The van der Waals surface area contributed by atoms with Gasteiger partial charge in [0.05, 0.1) is 4.92 Å². The summed E-state index contributed by atoms with van der Waals surface area (Å²) >= 11 is 1.09. The predicted octanol–water partition coefficient (Wildman–Crippen LogP) is 2.51. The number of nitrogens with zero attached hydrogens (tertiary/aromatic N) is 2. The molecule has 0 spiro atoms. The number of anilines is 1. The van der Waals surface area contributed by atoms with E-state index in [-0.39, 0.29) is 5.00 Å². The number of aromatic nitrogens is 1. The standard InChI is InChI=1S/C9H13N3O2S/c1-6(7-2-3-7)4-10-9-11-5-8(15-9)12(13)14/h5-7H,2-4H2,1H3,(H,10,11). The Balaban J connectivity index is 1.84. The zero-order chi connectivity index (χ0) is 10.8. The van der Waals surface area contributed by atoms with E-state index in [1.165, 1.54) is 19.0 Å². The molecule has 1 heterocycles. The van der Waals surface area contributed by atoms with Crippen LogP contribution in [0.2, 0.25) is 0 Å². The first kappa shape index (κ1) is 10.4. The highest BCUT2D eigenvalue weighted by atomic mass is 32.1. The maximum atomic E-state index is 10.4. The maximum absolute atomic E-state index is 10.4. The van der Waals surface area contributed by atoms with Crippen LogP contribution in [0.25, 0.3) is 0 Å². The normalized spacial score (nSPS) is 17.4. The number of nitrogens with one attached hydrogen (secondary N) is 1. The van der Waals surface area contributed by atoms with E-state index >= 15 is 0 Å². The van der Waals surface area contributed by atoms with Crippen molar-refractivity contribution in [1.82, 2.24) is 4.98 Å². The Morgan fingerprint density at radius 2 is 2.53 bits per heavy atom. The van der Waals surface area contributed by atoms with E-state index < -0.39 is 4.92 Å². The van der Waals surface area contributed by atoms with Crippen LogP contribution < -0.4 is 5.32 Å². The molecule has 1 fully saturated rings. The lowest BCUT2D eigenvalue weighted by molar-refractivity contribution is -0.380. The Morgan fingerprint density at radius 1 is 1.80 bits per heavy atom. The molecular formula is C9H13N3O2S. The Bertz CT molecular complexity index is 362. The Labute approximate surface area is 91.7 Å². The Morgan fingerprint density at radius 3 is 3.07 bits per heavy atom. The van der Waals surface area contributed by atoms with Gasteiger partial charge >= 0.3 is 5.00 Å². The van der Waals surface area contributed by atoms with Crippen LogP contribution in [0.4, 0.5) is 10.1 Å². The van der Waals surface area contributed by atoms with Crippen LogP contribution in [0.5, 0.6) is 0 Å². The van der Waals surface area contributed by atoms with Crippen molar-refractivity contribution >= 4 is 21.5 Å². The SMILES string of the molecule is CC(CNc1ncc([N+](=O)[O-])s1)C1CC1. The van der Waals surface area contributed by atoms with Gasteiger partial charge in [0.25, 0.3) is 0 Å². The third-order valence-electron chi connectivity index (χ3n) is 2.68. The van der Waals surface area contributed by atoms with Crippen molar-refractivity contribution in [2.24, 2.45) is 11.8 Å². The molecule has 0 aromatic carbocycles. The highest BCUT2D eigenvalue weighted by molar-refractivity contribution is 7.18. The van der Waals surface area contributed by atoms with Crippen molar-refractivity contribution in [1.29, 1.82) is 0 Å². The number of thiazole rings is 1. The summed E-state index contributed by atoms with van der Waals surface area (Å²) in [7, 11) is 0. The number of hydrogen-bond acceptors (Lipinski definition) is 5. The minimum atomic E-state index is -0.410. The van der Waals surface area contributed by atoms with Gasteiger partial charge in [-0.2, -0.15) is 0 Å². The van der Waals surface area contributed by atoms with Gasteiger partial charge in [-0.05, 0) is 36.0 Å². The van der Waals surface area contributed by atoms with E-state index in [1.54, 1.807) is 0 Å². The zero-order valence-corrected chi connectivity index (χ0v) is 9.29. The van der Waals surface area contributed by atoms with E-state index in [0.29, 0.717) is 11.0 Å². The van der Waals surface area contributed by atoms with Crippen LogP contribution in [0.1, 0.15) is 19.8 Å². The molecule has 0 amide bonds. The van der Waals surface area contributed by atoms with Gasteiger partial charge in [-0.1, -0.05) is 6.92 Å². The highest BCUT2D eigenvalue weighted by Crippen LogP contribution is 2.36. The monoisotopic (exact) mass is 227 g/mol. The molecule has 6 heteroatoms. The summed E-state index contributed by atoms with van der Waals surface area (Å²) in [6.45, 7) is 3.06. The van der Waals surface area contributed by atoms with E-state index in [2.05, 4.69) is 17.2 Å². The molecule has 0 saturated heterocycles. The average molecular weight is 227 g/mol. The van der Waals surface area contributed by atoms with Crippen LogP contribution in [-0.2, 0) is 0 Å². The van der Waals surface area contributed by atoms with E-state index in [1.807, 2.05) is 0 Å². The summed E-state index contributed by atoms with van der Waals surface area (Å²) in [4.78, 5) is 14.0. The lowest BCUT2D eigenvalue weighted by Gasteiger charge is -2.09. The zero-order valence-electron chi connectivity index (χ0n) is 8.47. The van der Waals surface area contributed by atoms with E-state index in [0.717, 1.165) is 23.8 Å². The first-order chi connectivity index (χ1) is 7.16. The fraction of sp³-hybridized carbons (Fsp3) is 0.667. The second kappa shape index (κ2) is 4.14. The first-order valence-electron chi connectivity index (χ1n) is 5.01. The minimum Gasteiger partial charge on any atom is -0.361 e. The molecule has 0 radical (unpaired) electrons. The van der Waals surface area contributed by atoms with Crippen LogP contribution in [0, 0.1) is 22.0 Å². The molecule has 1 saturated carbocycles. The predicted molar refractivity (Wildman–Crippen MR) is 59.1 cm³/mol. The smallest absolute Gasteiger partial charge is 0.345 e. The summed E-state index contributed by atoms with van der Waals surface area (Å²) < 4.78 is 0. The van der Waals surface area contributed by atoms with Crippen LogP contribution >= 0.6 is 11.3 Å². The van der Waals surface area contributed by atoms with Gasteiger partial charge in [-0.3, -0.25) is 10.1 Å². The quantitative estimate of drug-likeness (QED) is 0.620. The summed E-state index contributed by atoms with van der Waals surface area (Å²) in [6.07, 6.45) is 3.94. The first-order valence-corrected chi connectivity index (χ1v) is 5.82. The van der Waals surface area contributed by atoms with Crippen LogP contribution in [-0.4, -0.2) is 16.5 Å². The second-order valence-corrected chi connectivity index (χ2v) is 4.97. The van der Waals surface area contributed by atoms with Gasteiger partial charge in [-0.25, -0.2) is 4.98 Å². The highest BCUT2D eigenvalue weighted by Gasteiger charge is 2.27. The molecule has 0 bridgehead atoms. The van der Waals surface area contributed by atoms with Gasteiger partial charge in [-0.15, -0.1) is 0 Å². The molecule has 1 unspecified atom stereocenters. The van der Waals surface area contributed by atoms with Gasteiger partial charge in [0.15, 0.2) is 5.13 Å². The van der Waals surface area contributed by atoms with Crippen LogP contribution in [0.3, 0.4) is 0 Å². The fourth-order valence-electron chi connectivity index (χ4n) is 1.51. The molecule has 5 nitrogen and oxygen atoms in total. The minimum absolute atomic E-state index is 0.0941. The lowest BCUT2D eigenvalue weighted by Crippen LogP contribution is -2.12. The molecule has 0 aliphatic heterocycles. The Hall–Kier alpha value is -1.17. The van der Waals surface area contributed by atoms with Crippen molar-refractivity contribution in [3.8, 4) is 0 Å². The second-order valence-electron chi connectivity index (χ2n) is 3.96. The van der Waals surface area contributed by atoms with E-state index in [4.69, 9.17) is 0 Å². The van der Waals surface area contributed by atoms with Gasteiger partial charge in [0.1, 0.15) is 6.20 Å². The molecule has 15 heavy (non-hydrogen) atoms. The summed E-state index contributed by atoms with van der Waals surface area (Å²) in [6, 6.07) is 0. The number of hydrogen-bond donors (Lipinski definition) is 1. The van der Waals surface area contributed by atoms with Crippen LogP contribution in [0.15, 0.2) is 6.20 Å². The van der Waals surface area contributed by atoms with Gasteiger partial charge < -0.3 is 5.32 Å². The van der Waals surface area contributed by atoms with Crippen molar-refractivity contribution in [2.45, 2.75) is 19.8 Å². The largest absolute Gasteiger partial charge is 0.361 e. The molecular weight excluding hydrogens is 214 g/mol. The Kier molecular flexibility index (Phi) is 2.86. The lowest BCUT2D eigenvalue weighted by atomic mass is 10.1.